The van der Waals surface area contributed by atoms with Crippen molar-refractivity contribution in [1.29, 1.82) is 0 Å². The maximum absolute atomic E-state index is 15.1. The number of rotatable bonds is 25. The van der Waals surface area contributed by atoms with E-state index >= 15 is 4.39 Å². The Bertz CT molecular complexity index is 1620. The topological polar surface area (TPSA) is 161 Å². The summed E-state index contributed by atoms with van der Waals surface area (Å²) in [6, 6.07) is 11.5. The van der Waals surface area contributed by atoms with Crippen LogP contribution < -0.4 is 5.32 Å². The first-order chi connectivity index (χ1) is 27.2. The van der Waals surface area contributed by atoms with Crippen LogP contribution in [0.4, 0.5) is 18.4 Å². The number of carbonyl (C=O) groups excluding carboxylic acids is 2. The van der Waals surface area contributed by atoms with Crippen LogP contribution in [0.5, 0.6) is 0 Å². The van der Waals surface area contributed by atoms with Crippen molar-refractivity contribution in [2.45, 2.75) is 44.1 Å². The Morgan fingerprint density at radius 2 is 1.53 bits per heavy atom. The molecule has 0 aromatic heterocycles. The maximum atomic E-state index is 15.1. The SMILES string of the molecule is CN(C/C=C/C(=O)O)CCOCCOCCOCCOCCON(C)C(=O)N1N=C(c2cc(F)ccc2F)SC1(CCCNC(=O)OC(C)(C)C)c1ccccc1. The second-order valence-electron chi connectivity index (χ2n) is 13.7. The number of hydrazone groups is 1. The average molecular weight is 824 g/mol. The Kier molecular flexibility index (Phi) is 20.3. The Labute approximate surface area is 337 Å². The first kappa shape index (κ1) is 47.2. The molecule has 0 fully saturated rings. The van der Waals surface area contributed by atoms with Crippen LogP contribution in [0.1, 0.15) is 44.7 Å². The van der Waals surface area contributed by atoms with E-state index < -0.39 is 40.2 Å². The van der Waals surface area contributed by atoms with Gasteiger partial charge in [-0.3, -0.25) is 4.84 Å². The van der Waals surface area contributed by atoms with Crippen molar-refractivity contribution in [2.75, 3.05) is 93.2 Å². The fraction of sp³-hybridized carbons (Fsp3) is 0.538. The van der Waals surface area contributed by atoms with E-state index in [1.807, 2.05) is 42.3 Å². The summed E-state index contributed by atoms with van der Waals surface area (Å²) in [5.74, 6) is -2.33. The molecule has 316 valence electrons. The highest BCUT2D eigenvalue weighted by Crippen LogP contribution is 2.51. The summed E-state index contributed by atoms with van der Waals surface area (Å²) in [4.78, 5) is 43.3. The van der Waals surface area contributed by atoms with Gasteiger partial charge in [0.2, 0.25) is 0 Å². The molecule has 15 nitrogen and oxygen atoms in total. The molecule has 1 aliphatic heterocycles. The third-order valence-electron chi connectivity index (χ3n) is 7.92. The number of thioether (sulfide) groups is 1. The van der Waals surface area contributed by atoms with Crippen LogP contribution in [0.25, 0.3) is 0 Å². The van der Waals surface area contributed by atoms with Gasteiger partial charge in [0.1, 0.15) is 27.2 Å². The highest BCUT2D eigenvalue weighted by molar-refractivity contribution is 8.15. The van der Waals surface area contributed by atoms with Gasteiger partial charge >= 0.3 is 18.1 Å². The van der Waals surface area contributed by atoms with Crippen LogP contribution >= 0.6 is 11.8 Å². The zero-order valence-corrected chi connectivity index (χ0v) is 34.1. The van der Waals surface area contributed by atoms with E-state index in [-0.39, 0.29) is 43.4 Å². The fourth-order valence-corrected chi connectivity index (χ4v) is 6.62. The number of likely N-dealkylation sites (N-methyl/N-ethyl adjacent to an activating group) is 1. The molecule has 0 saturated heterocycles. The number of aliphatic carboxylic acids is 1. The monoisotopic (exact) mass is 823 g/mol. The largest absolute Gasteiger partial charge is 0.478 e. The van der Waals surface area contributed by atoms with Crippen LogP contribution in [0.2, 0.25) is 0 Å². The van der Waals surface area contributed by atoms with Gasteiger partial charge in [0.15, 0.2) is 0 Å². The lowest BCUT2D eigenvalue weighted by Crippen LogP contribution is -2.47. The molecule has 2 N–H and O–H groups in total. The predicted octanol–water partition coefficient (Wildman–Crippen LogP) is 5.46. The van der Waals surface area contributed by atoms with Crippen LogP contribution in [0.15, 0.2) is 65.8 Å². The second kappa shape index (κ2) is 24.6. The van der Waals surface area contributed by atoms with Crippen molar-refractivity contribution >= 4 is 34.9 Å². The molecule has 1 atom stereocenters. The molecule has 2 aromatic rings. The van der Waals surface area contributed by atoms with Gasteiger partial charge in [-0.1, -0.05) is 48.2 Å². The molecule has 0 bridgehead atoms. The molecule has 0 aliphatic carbocycles. The number of nitrogens with zero attached hydrogens (tertiary/aromatic N) is 4. The zero-order valence-electron chi connectivity index (χ0n) is 33.2. The van der Waals surface area contributed by atoms with Gasteiger partial charge < -0.3 is 39.0 Å². The van der Waals surface area contributed by atoms with E-state index in [1.165, 1.54) is 12.1 Å². The van der Waals surface area contributed by atoms with Crippen molar-refractivity contribution in [3.05, 3.63) is 83.4 Å². The number of urea groups is 1. The fourth-order valence-electron chi connectivity index (χ4n) is 5.21. The van der Waals surface area contributed by atoms with E-state index in [9.17, 15) is 18.8 Å². The summed E-state index contributed by atoms with van der Waals surface area (Å²) in [5.41, 5.74) is -0.0977. The number of amides is 3. The summed E-state index contributed by atoms with van der Waals surface area (Å²) in [6.07, 6.45) is 2.73. The lowest BCUT2D eigenvalue weighted by Gasteiger charge is -2.37. The average Bonchev–Trinajstić information content (AvgIpc) is 3.55. The van der Waals surface area contributed by atoms with E-state index in [2.05, 4.69) is 10.4 Å². The summed E-state index contributed by atoms with van der Waals surface area (Å²) >= 11 is 1.11. The standard InChI is InChI=1S/C39H55F2N5O10S/c1-38(2,3)56-36(49)42-17-10-16-39(30-11-7-6-8-12-30)46(43-35(57-39)32-29-31(40)14-15-33(32)41)37(50)45(5)55-28-27-54-26-25-53-24-23-52-22-21-51-20-19-44(4)18-9-13-34(47)48/h6-9,11-15,29H,10,16-28H2,1-5H3,(H,42,49)(H,47,48)/b13-9+. The Morgan fingerprint density at radius 1 is 0.912 bits per heavy atom. The summed E-state index contributed by atoms with van der Waals surface area (Å²) < 4.78 is 56.9. The van der Waals surface area contributed by atoms with Crippen LogP contribution in [0, 0.1) is 11.6 Å². The second-order valence-corrected chi connectivity index (χ2v) is 15.0. The number of carboxylic acids is 1. The summed E-state index contributed by atoms with van der Waals surface area (Å²) in [6.45, 7) is 9.53. The van der Waals surface area contributed by atoms with Crippen LogP contribution in [-0.4, -0.2) is 142 Å². The number of hydroxylamine groups is 2. The van der Waals surface area contributed by atoms with Gasteiger partial charge in [0.05, 0.1) is 59.5 Å². The van der Waals surface area contributed by atoms with Crippen molar-refractivity contribution in [3.8, 4) is 0 Å². The lowest BCUT2D eigenvalue weighted by molar-refractivity contribution is -0.131. The summed E-state index contributed by atoms with van der Waals surface area (Å²) in [5, 5.41) is 18.2. The molecule has 1 aliphatic rings. The number of hydrogen-bond donors (Lipinski definition) is 2. The maximum Gasteiger partial charge on any atom is 0.407 e. The third-order valence-corrected chi connectivity index (χ3v) is 9.36. The van der Waals surface area contributed by atoms with Crippen molar-refractivity contribution in [3.63, 3.8) is 0 Å². The minimum Gasteiger partial charge on any atom is -0.478 e. The smallest absolute Gasteiger partial charge is 0.407 e. The number of carbonyl (C=O) groups is 3. The summed E-state index contributed by atoms with van der Waals surface area (Å²) in [7, 11) is 3.30. The number of hydrogen-bond acceptors (Lipinski definition) is 12. The van der Waals surface area contributed by atoms with Crippen molar-refractivity contribution in [2.24, 2.45) is 5.10 Å². The molecule has 57 heavy (non-hydrogen) atoms. The highest BCUT2D eigenvalue weighted by atomic mass is 32.2. The Morgan fingerprint density at radius 3 is 2.14 bits per heavy atom. The lowest BCUT2D eigenvalue weighted by atomic mass is 10.0. The molecule has 0 saturated carbocycles. The molecule has 3 rings (SSSR count). The van der Waals surface area contributed by atoms with Gasteiger partial charge in [-0.15, -0.1) is 0 Å². The third kappa shape index (κ3) is 17.1. The number of carboxylic acid groups (broad SMARTS) is 1. The number of benzene rings is 2. The van der Waals surface area contributed by atoms with Gasteiger partial charge in [-0.05, 0) is 64.4 Å². The first-order valence-electron chi connectivity index (χ1n) is 18.6. The molecule has 1 unspecified atom stereocenters. The van der Waals surface area contributed by atoms with E-state index in [1.54, 1.807) is 26.8 Å². The Hall–Kier alpha value is -4.17. The molecular weight excluding hydrogens is 769 g/mol. The molecule has 0 spiro atoms. The normalized spacial score (nSPS) is 15.6. The predicted molar refractivity (Wildman–Crippen MR) is 211 cm³/mol. The quantitative estimate of drug-likeness (QED) is 0.0742. The number of halogens is 2. The first-order valence-corrected chi connectivity index (χ1v) is 19.4. The van der Waals surface area contributed by atoms with E-state index in [0.717, 1.165) is 41.1 Å². The van der Waals surface area contributed by atoms with Crippen LogP contribution in [-0.2, 0) is 38.2 Å². The van der Waals surface area contributed by atoms with Crippen molar-refractivity contribution in [1.82, 2.24) is 20.3 Å². The molecule has 3 amide bonds. The molecule has 0 radical (unpaired) electrons. The zero-order chi connectivity index (χ0) is 41.7. The molecule has 18 heteroatoms. The van der Waals surface area contributed by atoms with Gasteiger partial charge in [-0.25, -0.2) is 28.2 Å². The number of alkyl carbamates (subject to hydrolysis) is 1. The van der Waals surface area contributed by atoms with Gasteiger partial charge in [0, 0.05) is 38.3 Å². The van der Waals surface area contributed by atoms with Gasteiger partial charge in [0.25, 0.3) is 0 Å². The van der Waals surface area contributed by atoms with Crippen LogP contribution in [0.3, 0.4) is 0 Å². The van der Waals surface area contributed by atoms with E-state index in [0.29, 0.717) is 64.7 Å². The van der Waals surface area contributed by atoms with Crippen molar-refractivity contribution < 1.29 is 56.8 Å². The number of ether oxygens (including phenoxy) is 5. The molecular formula is C39H55F2N5O10S. The molecule has 1 heterocycles. The molecule has 2 aromatic carbocycles. The highest BCUT2D eigenvalue weighted by Gasteiger charge is 2.50. The minimum absolute atomic E-state index is 0.0222. The van der Waals surface area contributed by atoms with E-state index in [4.69, 9.17) is 33.6 Å². The Balaban J connectivity index is 1.47. The number of nitrogens with one attached hydrogen (secondary N) is 1. The minimum atomic E-state index is -1.22. The van der Waals surface area contributed by atoms with Gasteiger partial charge in [-0.2, -0.15) is 10.1 Å².